The van der Waals surface area contributed by atoms with Crippen LogP contribution in [-0.2, 0) is 0 Å². The van der Waals surface area contributed by atoms with Crippen LogP contribution >= 0.6 is 51.9 Å². The standard InChI is InChI=1S/C18H25Cl2N5S.BrH/c1-5-25(6-2)12-11-21-17-15(26-4)16(20)22-18(23-17)24(3)14-9-7-13(19)8-10-14;/h7-10H,5-6,11-12H2,1-4H3,(H,21,22,23);1H. The van der Waals surface area contributed by atoms with Crippen molar-refractivity contribution >= 4 is 69.4 Å². The van der Waals surface area contributed by atoms with Crippen LogP contribution in [0.1, 0.15) is 13.8 Å². The lowest BCUT2D eigenvalue weighted by Gasteiger charge is -2.21. The maximum atomic E-state index is 6.42. The first-order valence-electron chi connectivity index (χ1n) is 8.57. The first-order chi connectivity index (χ1) is 12.5. The van der Waals surface area contributed by atoms with Crippen molar-refractivity contribution in [3.63, 3.8) is 0 Å². The number of thioether (sulfide) groups is 1. The molecule has 1 N–H and O–H groups in total. The first kappa shape index (κ1) is 24.3. The van der Waals surface area contributed by atoms with Crippen molar-refractivity contribution < 1.29 is 0 Å². The van der Waals surface area contributed by atoms with E-state index >= 15 is 0 Å². The van der Waals surface area contributed by atoms with E-state index in [4.69, 9.17) is 28.2 Å². The topological polar surface area (TPSA) is 44.3 Å². The monoisotopic (exact) mass is 493 g/mol. The third-order valence-corrected chi connectivity index (χ3v) is 5.58. The summed E-state index contributed by atoms with van der Waals surface area (Å²) in [5, 5.41) is 4.56. The summed E-state index contributed by atoms with van der Waals surface area (Å²) in [5.41, 5.74) is 0.941. The van der Waals surface area contributed by atoms with Crippen LogP contribution in [0.3, 0.4) is 0 Å². The van der Waals surface area contributed by atoms with Crippen molar-refractivity contribution in [3.8, 4) is 0 Å². The molecule has 0 atom stereocenters. The third kappa shape index (κ3) is 6.68. The number of hydrogen-bond acceptors (Lipinski definition) is 6. The highest BCUT2D eigenvalue weighted by Crippen LogP contribution is 2.33. The van der Waals surface area contributed by atoms with E-state index in [0.717, 1.165) is 42.6 Å². The molecule has 150 valence electrons. The first-order valence-corrected chi connectivity index (χ1v) is 10.5. The smallest absolute Gasteiger partial charge is 0.233 e. The van der Waals surface area contributed by atoms with Gasteiger partial charge in [-0.25, -0.2) is 0 Å². The lowest BCUT2D eigenvalue weighted by atomic mass is 10.3. The van der Waals surface area contributed by atoms with E-state index in [1.165, 1.54) is 0 Å². The molecule has 9 heteroatoms. The predicted molar refractivity (Wildman–Crippen MR) is 125 cm³/mol. The van der Waals surface area contributed by atoms with Crippen molar-refractivity contribution in [2.24, 2.45) is 0 Å². The highest BCUT2D eigenvalue weighted by Gasteiger charge is 2.16. The highest BCUT2D eigenvalue weighted by atomic mass is 79.9. The molecule has 27 heavy (non-hydrogen) atoms. The zero-order valence-electron chi connectivity index (χ0n) is 16.0. The molecule has 0 aliphatic rings. The van der Waals surface area contributed by atoms with E-state index < -0.39 is 0 Å². The van der Waals surface area contributed by atoms with Crippen LogP contribution in [0, 0.1) is 0 Å². The predicted octanol–water partition coefficient (Wildman–Crippen LogP) is 5.60. The van der Waals surface area contributed by atoms with Crippen LogP contribution in [-0.4, -0.2) is 54.4 Å². The zero-order chi connectivity index (χ0) is 19.1. The van der Waals surface area contributed by atoms with Crippen LogP contribution in [0.2, 0.25) is 10.2 Å². The summed E-state index contributed by atoms with van der Waals surface area (Å²) in [6.07, 6.45) is 1.97. The van der Waals surface area contributed by atoms with Crippen LogP contribution < -0.4 is 10.2 Å². The van der Waals surface area contributed by atoms with E-state index in [1.54, 1.807) is 11.8 Å². The van der Waals surface area contributed by atoms with Gasteiger partial charge in [0.1, 0.15) is 11.0 Å². The SMILES string of the molecule is Br.CCN(CC)CCNc1nc(N(C)c2ccc(Cl)cc2)nc(Cl)c1SC. The molecule has 1 heterocycles. The average Bonchev–Trinajstić information content (AvgIpc) is 2.65. The van der Waals surface area contributed by atoms with Gasteiger partial charge in [0.2, 0.25) is 5.95 Å². The number of rotatable bonds is 9. The number of anilines is 3. The number of aromatic nitrogens is 2. The van der Waals surface area contributed by atoms with E-state index in [-0.39, 0.29) is 17.0 Å². The second kappa shape index (κ2) is 12.0. The summed E-state index contributed by atoms with van der Waals surface area (Å²) >= 11 is 13.9. The molecule has 0 saturated carbocycles. The Hall–Kier alpha value is -0.730. The van der Waals surface area contributed by atoms with Crippen LogP contribution in [0.5, 0.6) is 0 Å². The molecule has 0 aliphatic carbocycles. The van der Waals surface area contributed by atoms with Gasteiger partial charge in [0.15, 0.2) is 0 Å². The quantitative estimate of drug-likeness (QED) is 0.361. The van der Waals surface area contributed by atoms with Gasteiger partial charge in [0, 0.05) is 30.8 Å². The molecule has 0 radical (unpaired) electrons. The molecule has 1 aromatic carbocycles. The van der Waals surface area contributed by atoms with Crippen molar-refractivity contribution in [3.05, 3.63) is 34.4 Å². The van der Waals surface area contributed by atoms with Crippen molar-refractivity contribution in [2.75, 3.05) is 49.7 Å². The van der Waals surface area contributed by atoms with Crippen molar-refractivity contribution in [2.45, 2.75) is 18.7 Å². The summed E-state index contributed by atoms with van der Waals surface area (Å²) in [4.78, 5) is 14.3. The Morgan fingerprint density at radius 3 is 2.26 bits per heavy atom. The molecule has 0 fully saturated rings. The number of halogens is 3. The van der Waals surface area contributed by atoms with E-state index in [2.05, 4.69) is 29.0 Å². The molecule has 0 bridgehead atoms. The Kier molecular flexibility index (Phi) is 10.8. The number of nitrogens with zero attached hydrogens (tertiary/aromatic N) is 4. The lowest BCUT2D eigenvalue weighted by Crippen LogP contribution is -2.29. The normalized spacial score (nSPS) is 10.6. The highest BCUT2D eigenvalue weighted by molar-refractivity contribution is 8.93. The number of benzene rings is 1. The molecular formula is C18H26BrCl2N5S. The Bertz CT molecular complexity index is 714. The number of likely N-dealkylation sites (N-methyl/N-ethyl adjacent to an activating group) is 1. The van der Waals surface area contributed by atoms with Gasteiger partial charge < -0.3 is 15.1 Å². The lowest BCUT2D eigenvalue weighted by molar-refractivity contribution is 0.316. The van der Waals surface area contributed by atoms with E-state index in [9.17, 15) is 0 Å². The van der Waals surface area contributed by atoms with Gasteiger partial charge in [-0.15, -0.1) is 28.7 Å². The molecule has 1 aromatic heterocycles. The van der Waals surface area contributed by atoms with E-state index in [0.29, 0.717) is 16.1 Å². The number of hydrogen-bond donors (Lipinski definition) is 1. The minimum atomic E-state index is 0. The fourth-order valence-corrected chi connectivity index (χ4v) is 3.56. The van der Waals surface area contributed by atoms with Gasteiger partial charge in [-0.2, -0.15) is 9.97 Å². The van der Waals surface area contributed by atoms with Gasteiger partial charge in [0.25, 0.3) is 0 Å². The largest absolute Gasteiger partial charge is 0.368 e. The second-order valence-corrected chi connectivity index (χ2v) is 7.30. The maximum absolute atomic E-state index is 6.42. The summed E-state index contributed by atoms with van der Waals surface area (Å²) in [5.74, 6) is 1.31. The molecule has 2 aromatic rings. The molecule has 5 nitrogen and oxygen atoms in total. The molecular weight excluding hydrogens is 469 g/mol. The minimum absolute atomic E-state index is 0. The van der Waals surface area contributed by atoms with Crippen LogP contribution in [0.25, 0.3) is 0 Å². The zero-order valence-corrected chi connectivity index (χ0v) is 20.0. The van der Waals surface area contributed by atoms with Crippen LogP contribution in [0.15, 0.2) is 29.2 Å². The van der Waals surface area contributed by atoms with Gasteiger partial charge >= 0.3 is 0 Å². The molecule has 0 unspecified atom stereocenters. The number of nitrogens with one attached hydrogen (secondary N) is 1. The third-order valence-electron chi connectivity index (χ3n) is 4.15. The molecule has 0 amide bonds. The molecule has 0 aliphatic heterocycles. The van der Waals surface area contributed by atoms with Gasteiger partial charge in [-0.1, -0.05) is 37.0 Å². The van der Waals surface area contributed by atoms with Gasteiger partial charge in [-0.05, 0) is 43.6 Å². The van der Waals surface area contributed by atoms with E-state index in [1.807, 2.05) is 42.5 Å². The van der Waals surface area contributed by atoms with Crippen molar-refractivity contribution in [1.82, 2.24) is 14.9 Å². The Labute approximate surface area is 186 Å². The fraction of sp³-hybridized carbons (Fsp3) is 0.444. The Morgan fingerprint density at radius 2 is 1.70 bits per heavy atom. The fourth-order valence-electron chi connectivity index (χ4n) is 2.52. The average molecular weight is 495 g/mol. The summed E-state index contributed by atoms with van der Waals surface area (Å²) in [6, 6.07) is 7.54. The minimum Gasteiger partial charge on any atom is -0.368 e. The molecule has 0 spiro atoms. The summed E-state index contributed by atoms with van der Waals surface area (Å²) < 4.78 is 0. The Balaban J connectivity index is 0.00000364. The molecule has 0 saturated heterocycles. The summed E-state index contributed by atoms with van der Waals surface area (Å²) in [6.45, 7) is 8.14. The van der Waals surface area contributed by atoms with Gasteiger partial charge in [-0.3, -0.25) is 0 Å². The van der Waals surface area contributed by atoms with Crippen molar-refractivity contribution in [1.29, 1.82) is 0 Å². The Morgan fingerprint density at radius 1 is 1.07 bits per heavy atom. The van der Waals surface area contributed by atoms with Gasteiger partial charge in [0.05, 0.1) is 4.90 Å². The second-order valence-electron chi connectivity index (χ2n) is 5.69. The summed E-state index contributed by atoms with van der Waals surface area (Å²) in [7, 11) is 1.91. The molecule has 2 rings (SSSR count). The van der Waals surface area contributed by atoms with Crippen LogP contribution in [0.4, 0.5) is 17.5 Å². The maximum Gasteiger partial charge on any atom is 0.233 e.